The molecule has 0 fully saturated rings. The molecule has 0 heterocycles. The topological polar surface area (TPSA) is 32.7 Å². The van der Waals surface area contributed by atoms with Gasteiger partial charge in [0.1, 0.15) is 5.75 Å². The van der Waals surface area contributed by atoms with Gasteiger partial charge in [-0.25, -0.2) is 0 Å². The molecule has 96 valence electrons. The number of ether oxygens (including phenoxy) is 1. The Hall–Kier alpha value is -0.710. The third-order valence-electron chi connectivity index (χ3n) is 2.44. The predicted molar refractivity (Wildman–Crippen MR) is 73.8 cm³/mol. The zero-order valence-corrected chi connectivity index (χ0v) is 11.5. The lowest BCUT2D eigenvalue weighted by Crippen LogP contribution is -2.15. The van der Waals surface area contributed by atoms with Gasteiger partial charge in [-0.05, 0) is 31.8 Å². The quantitative estimate of drug-likeness (QED) is 0.756. The molecule has 4 heteroatoms. The Morgan fingerprint density at radius 1 is 1.41 bits per heavy atom. The smallest absolute Gasteiger partial charge is 0.119 e. The van der Waals surface area contributed by atoms with E-state index in [4.69, 9.17) is 4.74 Å². The summed E-state index contributed by atoms with van der Waals surface area (Å²) in [5, 5.41) is 10.0. The number of rotatable bonds is 7. The minimum atomic E-state index is -0.419. The first-order chi connectivity index (χ1) is 8.13. The summed E-state index contributed by atoms with van der Waals surface area (Å²) < 4.78 is 5.14. The molecule has 1 N–H and O–H groups in total. The second-order valence-electron chi connectivity index (χ2n) is 4.17. The van der Waals surface area contributed by atoms with E-state index >= 15 is 0 Å². The standard InChI is InChI=1S/C13H21NO2S/c1-14(2)7-8-17-10-13(15)11-5-4-6-12(9-11)16-3/h4-6,9,13,15H,7-8,10H2,1-3H3. The highest BCUT2D eigenvalue weighted by molar-refractivity contribution is 7.99. The average Bonchev–Trinajstić information content (AvgIpc) is 2.34. The van der Waals surface area contributed by atoms with Crippen LogP contribution in [0, 0.1) is 0 Å². The molecule has 0 aliphatic rings. The Labute approximate surface area is 108 Å². The molecule has 1 aromatic carbocycles. The zero-order chi connectivity index (χ0) is 12.7. The molecule has 17 heavy (non-hydrogen) atoms. The minimum Gasteiger partial charge on any atom is -0.497 e. The van der Waals surface area contributed by atoms with Crippen LogP contribution < -0.4 is 4.74 Å². The van der Waals surface area contributed by atoms with E-state index < -0.39 is 6.10 Å². The van der Waals surface area contributed by atoms with Crippen LogP contribution in [0.15, 0.2) is 24.3 Å². The fourth-order valence-corrected chi connectivity index (χ4v) is 2.46. The zero-order valence-electron chi connectivity index (χ0n) is 10.7. The largest absolute Gasteiger partial charge is 0.497 e. The number of hydrogen-bond donors (Lipinski definition) is 1. The van der Waals surface area contributed by atoms with E-state index in [0.717, 1.165) is 29.4 Å². The molecular formula is C13H21NO2S. The van der Waals surface area contributed by atoms with Crippen molar-refractivity contribution < 1.29 is 9.84 Å². The molecular weight excluding hydrogens is 234 g/mol. The van der Waals surface area contributed by atoms with Crippen LogP contribution in [-0.2, 0) is 0 Å². The molecule has 0 saturated heterocycles. The van der Waals surface area contributed by atoms with Crippen molar-refractivity contribution in [2.24, 2.45) is 0 Å². The number of nitrogens with zero attached hydrogens (tertiary/aromatic N) is 1. The van der Waals surface area contributed by atoms with E-state index in [0.29, 0.717) is 0 Å². The fraction of sp³-hybridized carbons (Fsp3) is 0.538. The third-order valence-corrected chi connectivity index (χ3v) is 3.46. The van der Waals surface area contributed by atoms with Crippen molar-refractivity contribution in [1.29, 1.82) is 0 Å². The molecule has 0 aliphatic heterocycles. The van der Waals surface area contributed by atoms with Gasteiger partial charge in [0.05, 0.1) is 13.2 Å². The number of hydrogen-bond acceptors (Lipinski definition) is 4. The maximum Gasteiger partial charge on any atom is 0.119 e. The number of benzene rings is 1. The van der Waals surface area contributed by atoms with Crippen LogP contribution in [0.3, 0.4) is 0 Å². The lowest BCUT2D eigenvalue weighted by atomic mass is 10.1. The first-order valence-corrected chi connectivity index (χ1v) is 6.83. The number of aliphatic hydroxyl groups excluding tert-OH is 1. The Bertz CT molecular complexity index is 331. The molecule has 0 amide bonds. The van der Waals surface area contributed by atoms with E-state index in [1.54, 1.807) is 18.9 Å². The van der Waals surface area contributed by atoms with Gasteiger partial charge in [0.25, 0.3) is 0 Å². The van der Waals surface area contributed by atoms with Crippen LogP contribution in [0.2, 0.25) is 0 Å². The highest BCUT2D eigenvalue weighted by Gasteiger charge is 2.08. The highest BCUT2D eigenvalue weighted by Crippen LogP contribution is 2.22. The lowest BCUT2D eigenvalue weighted by molar-refractivity contribution is 0.203. The summed E-state index contributed by atoms with van der Waals surface area (Å²) in [5.74, 6) is 2.55. The van der Waals surface area contributed by atoms with Gasteiger partial charge in [-0.3, -0.25) is 0 Å². The van der Waals surface area contributed by atoms with Gasteiger partial charge in [0, 0.05) is 18.1 Å². The summed E-state index contributed by atoms with van der Waals surface area (Å²) in [6.45, 7) is 1.04. The third kappa shape index (κ3) is 5.44. The van der Waals surface area contributed by atoms with Gasteiger partial charge in [0.2, 0.25) is 0 Å². The molecule has 1 atom stereocenters. The van der Waals surface area contributed by atoms with E-state index in [2.05, 4.69) is 19.0 Å². The maximum absolute atomic E-state index is 10.0. The van der Waals surface area contributed by atoms with Crippen molar-refractivity contribution >= 4 is 11.8 Å². The average molecular weight is 255 g/mol. The lowest BCUT2D eigenvalue weighted by Gasteiger charge is -2.13. The Kier molecular flexibility index (Phi) is 6.40. The Morgan fingerprint density at radius 2 is 2.18 bits per heavy atom. The molecule has 0 aliphatic carbocycles. The van der Waals surface area contributed by atoms with Crippen molar-refractivity contribution in [3.63, 3.8) is 0 Å². The van der Waals surface area contributed by atoms with Gasteiger partial charge in [-0.2, -0.15) is 11.8 Å². The first kappa shape index (κ1) is 14.4. The first-order valence-electron chi connectivity index (χ1n) is 5.68. The van der Waals surface area contributed by atoms with Crippen molar-refractivity contribution in [3.8, 4) is 5.75 Å². The molecule has 1 aromatic rings. The maximum atomic E-state index is 10.0. The van der Waals surface area contributed by atoms with E-state index in [1.807, 2.05) is 24.3 Å². The summed E-state index contributed by atoms with van der Waals surface area (Å²) >= 11 is 1.77. The summed E-state index contributed by atoms with van der Waals surface area (Å²) in [5.41, 5.74) is 0.918. The fourth-order valence-electron chi connectivity index (χ4n) is 1.39. The second kappa shape index (κ2) is 7.58. The molecule has 0 radical (unpaired) electrons. The molecule has 0 saturated carbocycles. The summed E-state index contributed by atoms with van der Waals surface area (Å²) in [6.07, 6.45) is -0.419. The predicted octanol–water partition coefficient (Wildman–Crippen LogP) is 2.02. The van der Waals surface area contributed by atoms with Crippen molar-refractivity contribution in [3.05, 3.63) is 29.8 Å². The van der Waals surface area contributed by atoms with Crippen molar-refractivity contribution in [1.82, 2.24) is 4.90 Å². The van der Waals surface area contributed by atoms with Crippen molar-refractivity contribution in [2.75, 3.05) is 39.3 Å². The molecule has 0 bridgehead atoms. The van der Waals surface area contributed by atoms with Crippen LogP contribution >= 0.6 is 11.8 Å². The minimum absolute atomic E-state index is 0.419. The molecule has 3 nitrogen and oxygen atoms in total. The molecule has 0 spiro atoms. The van der Waals surface area contributed by atoms with Gasteiger partial charge in [-0.15, -0.1) is 0 Å². The second-order valence-corrected chi connectivity index (χ2v) is 5.32. The normalized spacial score (nSPS) is 12.8. The van der Waals surface area contributed by atoms with Crippen LogP contribution in [-0.4, -0.2) is 49.3 Å². The highest BCUT2D eigenvalue weighted by atomic mass is 32.2. The molecule has 1 rings (SSSR count). The van der Waals surface area contributed by atoms with Gasteiger partial charge >= 0.3 is 0 Å². The SMILES string of the molecule is COc1cccc(C(O)CSCCN(C)C)c1. The van der Waals surface area contributed by atoms with Crippen LogP contribution in [0.1, 0.15) is 11.7 Å². The van der Waals surface area contributed by atoms with E-state index in [1.165, 1.54) is 0 Å². The van der Waals surface area contributed by atoms with E-state index in [9.17, 15) is 5.11 Å². The summed E-state index contributed by atoms with van der Waals surface area (Å²) in [6, 6.07) is 7.61. The van der Waals surface area contributed by atoms with Gasteiger partial charge in [0.15, 0.2) is 0 Å². The Morgan fingerprint density at radius 3 is 2.82 bits per heavy atom. The number of thioether (sulfide) groups is 1. The molecule has 0 aromatic heterocycles. The number of aliphatic hydroxyl groups is 1. The van der Waals surface area contributed by atoms with Gasteiger partial charge in [-0.1, -0.05) is 12.1 Å². The van der Waals surface area contributed by atoms with Crippen LogP contribution in [0.4, 0.5) is 0 Å². The van der Waals surface area contributed by atoms with E-state index in [-0.39, 0.29) is 0 Å². The Balaban J connectivity index is 2.38. The molecule has 1 unspecified atom stereocenters. The monoisotopic (exact) mass is 255 g/mol. The van der Waals surface area contributed by atoms with Gasteiger partial charge < -0.3 is 14.7 Å². The number of methoxy groups -OCH3 is 1. The summed E-state index contributed by atoms with van der Waals surface area (Å²) in [4.78, 5) is 2.14. The summed E-state index contributed by atoms with van der Waals surface area (Å²) in [7, 11) is 5.75. The van der Waals surface area contributed by atoms with Crippen LogP contribution in [0.25, 0.3) is 0 Å². The van der Waals surface area contributed by atoms with Crippen molar-refractivity contribution in [2.45, 2.75) is 6.10 Å². The van der Waals surface area contributed by atoms with Crippen LogP contribution in [0.5, 0.6) is 5.75 Å².